The Morgan fingerprint density at radius 1 is 1.25 bits per heavy atom. The number of anilines is 1. The molecular formula is C14H11FN2O3. The summed E-state index contributed by atoms with van der Waals surface area (Å²) in [4.78, 5) is 22.1. The Hall–Kier alpha value is -2.76. The molecule has 1 amide bonds. The van der Waals surface area contributed by atoms with Crippen molar-refractivity contribution in [3.8, 4) is 0 Å². The van der Waals surface area contributed by atoms with Crippen LogP contribution < -0.4 is 5.32 Å². The Labute approximate surface area is 114 Å². The lowest BCUT2D eigenvalue weighted by Gasteiger charge is -2.07. The number of nitro groups is 1. The number of amides is 1. The van der Waals surface area contributed by atoms with E-state index in [2.05, 4.69) is 5.32 Å². The Balaban J connectivity index is 2.24. The van der Waals surface area contributed by atoms with E-state index in [4.69, 9.17) is 0 Å². The molecule has 20 heavy (non-hydrogen) atoms. The number of benzene rings is 2. The third-order valence-corrected chi connectivity index (χ3v) is 2.78. The van der Waals surface area contributed by atoms with Gasteiger partial charge in [0.15, 0.2) is 0 Å². The largest absolute Gasteiger partial charge is 0.319 e. The molecule has 1 N–H and O–H groups in total. The van der Waals surface area contributed by atoms with Crippen LogP contribution in [-0.2, 0) is 0 Å². The van der Waals surface area contributed by atoms with Crippen LogP contribution >= 0.6 is 0 Å². The maximum absolute atomic E-state index is 13.4. The predicted molar refractivity (Wildman–Crippen MR) is 72.2 cm³/mol. The van der Waals surface area contributed by atoms with Crippen LogP contribution in [-0.4, -0.2) is 10.8 Å². The summed E-state index contributed by atoms with van der Waals surface area (Å²) in [5.74, 6) is -1.06. The molecule has 0 unspecified atom stereocenters. The first-order valence-electron chi connectivity index (χ1n) is 5.80. The minimum Gasteiger partial charge on any atom is -0.319 e. The standard InChI is InChI=1S/C14H11FN2O3/c1-9-8-10(6-7-13(9)17(19)20)14(18)16-12-5-3-2-4-11(12)15/h2-8H,1H3,(H,16,18). The molecule has 2 aromatic carbocycles. The lowest BCUT2D eigenvalue weighted by atomic mass is 10.1. The van der Waals surface area contributed by atoms with E-state index in [9.17, 15) is 19.3 Å². The molecule has 0 spiro atoms. The number of rotatable bonds is 3. The van der Waals surface area contributed by atoms with Gasteiger partial charge in [-0.25, -0.2) is 4.39 Å². The molecular weight excluding hydrogens is 263 g/mol. The molecule has 0 saturated carbocycles. The van der Waals surface area contributed by atoms with Gasteiger partial charge >= 0.3 is 0 Å². The predicted octanol–water partition coefficient (Wildman–Crippen LogP) is 3.29. The van der Waals surface area contributed by atoms with Crippen molar-refractivity contribution in [1.29, 1.82) is 0 Å². The van der Waals surface area contributed by atoms with E-state index in [0.29, 0.717) is 5.56 Å². The zero-order valence-corrected chi connectivity index (χ0v) is 10.6. The van der Waals surface area contributed by atoms with E-state index in [1.807, 2.05) is 0 Å². The van der Waals surface area contributed by atoms with Gasteiger partial charge in [0.25, 0.3) is 11.6 Å². The van der Waals surface area contributed by atoms with E-state index in [1.54, 1.807) is 6.07 Å². The molecule has 6 heteroatoms. The first kappa shape index (κ1) is 13.7. The average Bonchev–Trinajstić information content (AvgIpc) is 2.40. The molecule has 0 bridgehead atoms. The molecule has 0 atom stereocenters. The van der Waals surface area contributed by atoms with Gasteiger partial charge in [-0.05, 0) is 31.2 Å². The lowest BCUT2D eigenvalue weighted by molar-refractivity contribution is -0.385. The lowest BCUT2D eigenvalue weighted by Crippen LogP contribution is -2.13. The summed E-state index contributed by atoms with van der Waals surface area (Å²) >= 11 is 0. The molecule has 0 aliphatic rings. The second-order valence-electron chi connectivity index (χ2n) is 4.19. The van der Waals surface area contributed by atoms with E-state index in [-0.39, 0.29) is 16.9 Å². The fourth-order valence-electron chi connectivity index (χ4n) is 1.76. The minimum atomic E-state index is -0.542. The van der Waals surface area contributed by atoms with Crippen molar-refractivity contribution in [2.45, 2.75) is 6.92 Å². The number of hydrogen-bond donors (Lipinski definition) is 1. The molecule has 102 valence electrons. The van der Waals surface area contributed by atoms with E-state index >= 15 is 0 Å². The second-order valence-corrected chi connectivity index (χ2v) is 4.19. The van der Waals surface area contributed by atoms with Crippen LogP contribution in [0.25, 0.3) is 0 Å². The van der Waals surface area contributed by atoms with E-state index in [1.165, 1.54) is 43.3 Å². The van der Waals surface area contributed by atoms with Crippen molar-refractivity contribution in [1.82, 2.24) is 0 Å². The number of halogens is 1. The second kappa shape index (κ2) is 5.48. The summed E-state index contributed by atoms with van der Waals surface area (Å²) in [6, 6.07) is 9.77. The number of nitrogens with one attached hydrogen (secondary N) is 1. The Morgan fingerprint density at radius 3 is 2.55 bits per heavy atom. The molecule has 0 fully saturated rings. The Morgan fingerprint density at radius 2 is 1.95 bits per heavy atom. The van der Waals surface area contributed by atoms with Gasteiger partial charge in [-0.15, -0.1) is 0 Å². The summed E-state index contributed by atoms with van der Waals surface area (Å²) in [6.07, 6.45) is 0. The van der Waals surface area contributed by atoms with E-state index < -0.39 is 16.6 Å². The Kier molecular flexibility index (Phi) is 3.74. The summed E-state index contributed by atoms with van der Waals surface area (Å²) < 4.78 is 13.4. The number of hydrogen-bond acceptors (Lipinski definition) is 3. The summed E-state index contributed by atoms with van der Waals surface area (Å²) in [7, 11) is 0. The molecule has 0 aliphatic heterocycles. The highest BCUT2D eigenvalue weighted by atomic mass is 19.1. The average molecular weight is 274 g/mol. The van der Waals surface area contributed by atoms with Gasteiger partial charge in [-0.1, -0.05) is 12.1 Å². The third-order valence-electron chi connectivity index (χ3n) is 2.78. The zero-order valence-electron chi connectivity index (χ0n) is 10.6. The highest BCUT2D eigenvalue weighted by molar-refractivity contribution is 6.04. The SMILES string of the molecule is Cc1cc(C(=O)Nc2ccccc2F)ccc1[N+](=O)[O-]. The first-order valence-corrected chi connectivity index (χ1v) is 5.80. The molecule has 0 aliphatic carbocycles. The van der Waals surface area contributed by atoms with Gasteiger partial charge in [-0.2, -0.15) is 0 Å². The maximum Gasteiger partial charge on any atom is 0.272 e. The number of nitro benzene ring substituents is 1. The molecule has 0 aromatic heterocycles. The van der Waals surface area contributed by atoms with Gasteiger partial charge < -0.3 is 5.32 Å². The van der Waals surface area contributed by atoms with E-state index in [0.717, 1.165) is 0 Å². The topological polar surface area (TPSA) is 72.2 Å². The van der Waals surface area contributed by atoms with Gasteiger partial charge in [0.05, 0.1) is 10.6 Å². The molecule has 5 nitrogen and oxygen atoms in total. The number of carbonyl (C=O) groups excluding carboxylic acids is 1. The van der Waals surface area contributed by atoms with Crippen LogP contribution in [0.4, 0.5) is 15.8 Å². The van der Waals surface area contributed by atoms with Crippen molar-refractivity contribution < 1.29 is 14.1 Å². The quantitative estimate of drug-likeness (QED) is 0.689. The molecule has 0 radical (unpaired) electrons. The summed E-state index contributed by atoms with van der Waals surface area (Å²) in [5, 5.41) is 13.1. The number of aryl methyl sites for hydroxylation is 1. The first-order chi connectivity index (χ1) is 9.49. The van der Waals surface area contributed by atoms with Crippen LogP contribution in [0.2, 0.25) is 0 Å². The van der Waals surface area contributed by atoms with Crippen LogP contribution in [0, 0.1) is 22.9 Å². The monoisotopic (exact) mass is 274 g/mol. The molecule has 2 aromatic rings. The highest BCUT2D eigenvalue weighted by Gasteiger charge is 2.14. The van der Waals surface area contributed by atoms with Gasteiger partial charge in [0.2, 0.25) is 0 Å². The fraction of sp³-hybridized carbons (Fsp3) is 0.0714. The number of para-hydroxylation sites is 1. The smallest absolute Gasteiger partial charge is 0.272 e. The van der Waals surface area contributed by atoms with Crippen molar-refractivity contribution in [2.75, 3.05) is 5.32 Å². The maximum atomic E-state index is 13.4. The number of carbonyl (C=O) groups is 1. The van der Waals surface area contributed by atoms with Crippen molar-refractivity contribution in [3.05, 3.63) is 69.5 Å². The van der Waals surface area contributed by atoms with Crippen molar-refractivity contribution >= 4 is 17.3 Å². The molecule has 0 heterocycles. The van der Waals surface area contributed by atoms with Crippen LogP contribution in [0.1, 0.15) is 15.9 Å². The van der Waals surface area contributed by atoms with Crippen LogP contribution in [0.5, 0.6) is 0 Å². The Bertz CT molecular complexity index is 686. The van der Waals surface area contributed by atoms with Gasteiger partial charge in [0.1, 0.15) is 5.82 Å². The summed E-state index contributed by atoms with van der Waals surface area (Å²) in [6.45, 7) is 1.54. The fourth-order valence-corrected chi connectivity index (χ4v) is 1.76. The minimum absolute atomic E-state index is 0.0626. The zero-order chi connectivity index (χ0) is 14.7. The number of nitrogens with zero attached hydrogens (tertiary/aromatic N) is 1. The van der Waals surface area contributed by atoms with Crippen molar-refractivity contribution in [2.24, 2.45) is 0 Å². The highest BCUT2D eigenvalue weighted by Crippen LogP contribution is 2.20. The molecule has 2 rings (SSSR count). The normalized spacial score (nSPS) is 10.1. The van der Waals surface area contributed by atoms with Crippen molar-refractivity contribution in [3.63, 3.8) is 0 Å². The van der Waals surface area contributed by atoms with Crippen LogP contribution in [0.15, 0.2) is 42.5 Å². The van der Waals surface area contributed by atoms with Crippen LogP contribution in [0.3, 0.4) is 0 Å². The van der Waals surface area contributed by atoms with Gasteiger partial charge in [0, 0.05) is 17.2 Å². The molecule has 0 saturated heterocycles. The third kappa shape index (κ3) is 2.80. The summed E-state index contributed by atoms with van der Waals surface area (Å²) in [5.41, 5.74) is 0.605. The van der Waals surface area contributed by atoms with Gasteiger partial charge in [-0.3, -0.25) is 14.9 Å².